The van der Waals surface area contributed by atoms with E-state index in [1.807, 2.05) is 4.90 Å². The summed E-state index contributed by atoms with van der Waals surface area (Å²) in [5.41, 5.74) is 2.93. The number of nitrogens with zero attached hydrogens (tertiary/aromatic N) is 3. The second-order valence-corrected chi connectivity index (χ2v) is 11.4. The molecular weight excluding hydrogens is 426 g/mol. The molecule has 0 radical (unpaired) electrons. The third-order valence-electron chi connectivity index (χ3n) is 8.56. The van der Waals surface area contributed by atoms with Gasteiger partial charge in [0.25, 0.3) is 0 Å². The Kier molecular flexibility index (Phi) is 7.70. The Morgan fingerprint density at radius 1 is 1.09 bits per heavy atom. The van der Waals surface area contributed by atoms with E-state index in [1.54, 1.807) is 0 Å². The van der Waals surface area contributed by atoms with Gasteiger partial charge in [0.1, 0.15) is 11.6 Å². The van der Waals surface area contributed by atoms with Gasteiger partial charge in [0.2, 0.25) is 11.8 Å². The summed E-state index contributed by atoms with van der Waals surface area (Å²) >= 11 is 0. The number of piperazine rings is 1. The summed E-state index contributed by atoms with van der Waals surface area (Å²) in [5.74, 6) is 1.18. The molecule has 0 bridgehead atoms. The summed E-state index contributed by atoms with van der Waals surface area (Å²) < 4.78 is 0. The topological polar surface area (TPSA) is 81.3 Å². The molecule has 4 rings (SSSR count). The molecular formula is C27H45N5O2. The highest BCUT2D eigenvalue weighted by Crippen LogP contribution is 2.43. The smallest absolute Gasteiger partial charge is 0.246 e. The second kappa shape index (κ2) is 10.4. The first-order chi connectivity index (χ1) is 16.3. The predicted octanol–water partition coefficient (Wildman–Crippen LogP) is 4.27. The summed E-state index contributed by atoms with van der Waals surface area (Å²) in [5, 5.41) is 10.9. The van der Waals surface area contributed by atoms with Gasteiger partial charge in [0.15, 0.2) is 0 Å². The molecule has 2 N–H and O–H groups in total. The molecule has 2 aliphatic heterocycles. The van der Waals surface area contributed by atoms with Gasteiger partial charge in [-0.15, -0.1) is 0 Å². The Morgan fingerprint density at radius 3 is 2.32 bits per heavy atom. The monoisotopic (exact) mass is 471 g/mol. The average molecular weight is 472 g/mol. The van der Waals surface area contributed by atoms with Gasteiger partial charge >= 0.3 is 0 Å². The number of aryl methyl sites for hydroxylation is 2. The van der Waals surface area contributed by atoms with Crippen molar-refractivity contribution < 1.29 is 9.59 Å². The number of rotatable bonds is 7. The molecule has 3 heterocycles. The fourth-order valence-electron chi connectivity index (χ4n) is 6.89. The molecule has 7 heteroatoms. The van der Waals surface area contributed by atoms with Crippen LogP contribution in [0, 0.1) is 25.7 Å². The van der Waals surface area contributed by atoms with Crippen LogP contribution in [0.2, 0.25) is 0 Å². The molecule has 1 saturated carbocycles. The van der Waals surface area contributed by atoms with Crippen LogP contribution in [0.4, 0.5) is 0 Å². The molecule has 1 unspecified atom stereocenters. The van der Waals surface area contributed by atoms with Crippen LogP contribution in [0.15, 0.2) is 0 Å². The Balaban J connectivity index is 1.58. The van der Waals surface area contributed by atoms with E-state index in [9.17, 15) is 9.59 Å². The van der Waals surface area contributed by atoms with E-state index < -0.39 is 5.54 Å². The van der Waals surface area contributed by atoms with Crippen LogP contribution in [-0.4, -0.2) is 63.0 Å². The molecule has 3 fully saturated rings. The van der Waals surface area contributed by atoms with Crippen LogP contribution in [0.3, 0.4) is 0 Å². The summed E-state index contributed by atoms with van der Waals surface area (Å²) in [7, 11) is 0. The van der Waals surface area contributed by atoms with E-state index >= 15 is 0 Å². The standard InChI is InChI=1S/C27H45N5O2/c1-6-14-32-25(33)22(17-18(2)3)28-26(34)27(32)12-15-31(16-13-27)24(21-10-8-7-9-11-21)23-19(4)29-30-20(23)5/h18,21-22,24H,6-17H2,1-5H3,(H,28,34)(H,29,30)/t22-,24?/m0/s1. The van der Waals surface area contributed by atoms with Gasteiger partial charge in [-0.1, -0.05) is 40.0 Å². The van der Waals surface area contributed by atoms with Crippen molar-refractivity contribution >= 4 is 11.8 Å². The lowest BCUT2D eigenvalue weighted by atomic mass is 9.76. The summed E-state index contributed by atoms with van der Waals surface area (Å²) in [6.45, 7) is 12.9. The third-order valence-corrected chi connectivity index (χ3v) is 8.56. The van der Waals surface area contributed by atoms with Gasteiger partial charge < -0.3 is 10.2 Å². The number of carbonyl (C=O) groups is 2. The molecule has 2 atom stereocenters. The highest BCUT2D eigenvalue weighted by atomic mass is 16.2. The van der Waals surface area contributed by atoms with Crippen molar-refractivity contribution in [2.24, 2.45) is 11.8 Å². The van der Waals surface area contributed by atoms with Gasteiger partial charge in [-0.3, -0.25) is 19.6 Å². The number of nitrogens with one attached hydrogen (secondary N) is 2. The zero-order valence-corrected chi connectivity index (χ0v) is 22.0. The van der Waals surface area contributed by atoms with Crippen molar-refractivity contribution in [3.05, 3.63) is 17.0 Å². The van der Waals surface area contributed by atoms with Crippen molar-refractivity contribution in [1.82, 2.24) is 25.3 Å². The molecule has 1 aliphatic carbocycles. The van der Waals surface area contributed by atoms with E-state index in [4.69, 9.17) is 0 Å². The van der Waals surface area contributed by atoms with E-state index in [-0.39, 0.29) is 17.9 Å². The van der Waals surface area contributed by atoms with Crippen molar-refractivity contribution in [1.29, 1.82) is 0 Å². The third kappa shape index (κ3) is 4.65. The first-order valence-electron chi connectivity index (χ1n) is 13.7. The number of hydrogen-bond acceptors (Lipinski definition) is 4. The van der Waals surface area contributed by atoms with Crippen LogP contribution in [0.5, 0.6) is 0 Å². The number of piperidine rings is 1. The summed E-state index contributed by atoms with van der Waals surface area (Å²) in [6, 6.07) is -0.0408. The SMILES string of the molecule is CCCN1C(=O)[C@H](CC(C)C)NC(=O)C12CCN(C(c1c(C)n[nH]c1C)C1CCCCC1)CC2. The largest absolute Gasteiger partial charge is 0.342 e. The van der Waals surface area contributed by atoms with Gasteiger partial charge in [-0.05, 0) is 64.2 Å². The molecule has 1 aromatic rings. The Labute approximate surface area is 205 Å². The normalized spacial score (nSPS) is 25.2. The quantitative estimate of drug-likeness (QED) is 0.622. The summed E-state index contributed by atoms with van der Waals surface area (Å²) in [4.78, 5) is 31.6. The van der Waals surface area contributed by atoms with E-state index in [2.05, 4.69) is 55.0 Å². The van der Waals surface area contributed by atoms with Crippen LogP contribution in [0.25, 0.3) is 0 Å². The fraction of sp³-hybridized carbons (Fsp3) is 0.815. The molecule has 2 amide bonds. The van der Waals surface area contributed by atoms with E-state index in [0.717, 1.165) is 25.2 Å². The van der Waals surface area contributed by atoms with Gasteiger partial charge in [-0.2, -0.15) is 5.10 Å². The molecule has 190 valence electrons. The number of H-pyrrole nitrogens is 1. The zero-order valence-electron chi connectivity index (χ0n) is 22.0. The number of amides is 2. The minimum absolute atomic E-state index is 0.0655. The molecule has 34 heavy (non-hydrogen) atoms. The average Bonchev–Trinajstić information content (AvgIpc) is 3.15. The molecule has 7 nitrogen and oxygen atoms in total. The minimum atomic E-state index is -0.700. The Morgan fingerprint density at radius 2 is 1.76 bits per heavy atom. The molecule has 1 aromatic heterocycles. The number of aromatic amines is 1. The van der Waals surface area contributed by atoms with Gasteiger partial charge in [-0.25, -0.2) is 0 Å². The molecule has 0 aromatic carbocycles. The fourth-order valence-corrected chi connectivity index (χ4v) is 6.89. The van der Waals surface area contributed by atoms with Crippen molar-refractivity contribution in [2.75, 3.05) is 19.6 Å². The Hall–Kier alpha value is -1.89. The summed E-state index contributed by atoms with van der Waals surface area (Å²) in [6.07, 6.45) is 9.44. The Bertz CT molecular complexity index is 845. The first-order valence-corrected chi connectivity index (χ1v) is 13.7. The molecule has 3 aliphatic rings. The van der Waals surface area contributed by atoms with Crippen LogP contribution in [-0.2, 0) is 9.59 Å². The minimum Gasteiger partial charge on any atom is -0.342 e. The molecule has 1 spiro atoms. The lowest BCUT2D eigenvalue weighted by Crippen LogP contribution is -2.73. The number of carbonyl (C=O) groups excluding carboxylic acids is 2. The number of likely N-dealkylation sites (tertiary alicyclic amines) is 1. The van der Waals surface area contributed by atoms with Gasteiger partial charge in [0.05, 0.1) is 5.69 Å². The maximum atomic E-state index is 13.6. The lowest BCUT2D eigenvalue weighted by molar-refractivity contribution is -0.162. The van der Waals surface area contributed by atoms with Crippen molar-refractivity contribution in [3.8, 4) is 0 Å². The van der Waals surface area contributed by atoms with Crippen LogP contribution < -0.4 is 5.32 Å². The van der Waals surface area contributed by atoms with Crippen LogP contribution >= 0.6 is 0 Å². The van der Waals surface area contributed by atoms with Gasteiger partial charge in [0, 0.05) is 36.9 Å². The van der Waals surface area contributed by atoms with E-state index in [0.29, 0.717) is 43.7 Å². The van der Waals surface area contributed by atoms with Crippen molar-refractivity contribution in [3.63, 3.8) is 0 Å². The van der Waals surface area contributed by atoms with Crippen LogP contribution in [0.1, 0.15) is 102 Å². The zero-order chi connectivity index (χ0) is 24.5. The highest BCUT2D eigenvalue weighted by molar-refractivity contribution is 6.00. The molecule has 2 saturated heterocycles. The number of hydrogen-bond donors (Lipinski definition) is 2. The lowest BCUT2D eigenvalue weighted by Gasteiger charge is -2.53. The highest BCUT2D eigenvalue weighted by Gasteiger charge is 2.54. The maximum Gasteiger partial charge on any atom is 0.246 e. The maximum absolute atomic E-state index is 13.6. The van der Waals surface area contributed by atoms with E-state index in [1.165, 1.54) is 43.4 Å². The second-order valence-electron chi connectivity index (χ2n) is 11.4. The van der Waals surface area contributed by atoms with Crippen molar-refractivity contribution in [2.45, 2.75) is 110 Å². The first kappa shape index (κ1) is 25.2. The predicted molar refractivity (Wildman–Crippen MR) is 134 cm³/mol. The number of aromatic nitrogens is 2.